The average molecular weight is 518 g/mol. The van der Waals surface area contributed by atoms with Crippen LogP contribution in [-0.2, 0) is 10.0 Å². The number of aromatic nitrogens is 1. The van der Waals surface area contributed by atoms with Crippen LogP contribution in [0.4, 0.5) is 5.69 Å². The Kier molecular flexibility index (Phi) is 5.47. The molecule has 1 N–H and O–H groups in total. The molecule has 1 heterocycles. The lowest BCUT2D eigenvalue weighted by molar-refractivity contribution is 0.601. The number of hydrogen-bond acceptors (Lipinski definition) is 4. The SMILES string of the molecule is O=S(=O)(Nc1ccc(-c2csc(-c3ccccc3)n2)cc1)c1ccc(I)cc1. The van der Waals surface area contributed by atoms with E-state index in [0.717, 1.165) is 25.4 Å². The minimum Gasteiger partial charge on any atom is -0.280 e. The smallest absolute Gasteiger partial charge is 0.261 e. The van der Waals surface area contributed by atoms with Gasteiger partial charge in [-0.2, -0.15) is 0 Å². The second-order valence-electron chi connectivity index (χ2n) is 6.04. The van der Waals surface area contributed by atoms with Gasteiger partial charge >= 0.3 is 0 Å². The third kappa shape index (κ3) is 4.26. The second-order valence-corrected chi connectivity index (χ2v) is 9.83. The largest absolute Gasteiger partial charge is 0.280 e. The summed E-state index contributed by atoms with van der Waals surface area (Å²) < 4.78 is 28.6. The van der Waals surface area contributed by atoms with Gasteiger partial charge in [0.25, 0.3) is 10.0 Å². The van der Waals surface area contributed by atoms with Gasteiger partial charge in [0, 0.05) is 25.8 Å². The number of sulfonamides is 1. The van der Waals surface area contributed by atoms with Crippen molar-refractivity contribution in [3.63, 3.8) is 0 Å². The Morgan fingerprint density at radius 1 is 0.821 bits per heavy atom. The molecule has 0 atom stereocenters. The highest BCUT2D eigenvalue weighted by Crippen LogP contribution is 2.29. The zero-order valence-electron chi connectivity index (χ0n) is 14.5. The zero-order valence-corrected chi connectivity index (χ0v) is 18.3. The first-order valence-corrected chi connectivity index (χ1v) is 11.9. The molecule has 4 aromatic rings. The molecule has 0 spiro atoms. The first-order valence-electron chi connectivity index (χ1n) is 8.41. The van der Waals surface area contributed by atoms with Crippen molar-refractivity contribution in [3.05, 3.63) is 87.8 Å². The summed E-state index contributed by atoms with van der Waals surface area (Å²) in [7, 11) is -3.61. The molecular weight excluding hydrogens is 503 g/mol. The lowest BCUT2D eigenvalue weighted by Gasteiger charge is -2.08. The van der Waals surface area contributed by atoms with Crippen molar-refractivity contribution in [3.8, 4) is 21.8 Å². The van der Waals surface area contributed by atoms with Gasteiger partial charge in [-0.15, -0.1) is 11.3 Å². The normalized spacial score (nSPS) is 11.3. The van der Waals surface area contributed by atoms with Crippen molar-refractivity contribution in [1.29, 1.82) is 0 Å². The molecular formula is C21H15IN2O2S2. The van der Waals surface area contributed by atoms with Crippen molar-refractivity contribution in [1.82, 2.24) is 4.98 Å². The Bertz CT molecular complexity index is 1190. The Labute approximate surface area is 181 Å². The van der Waals surface area contributed by atoms with Crippen molar-refractivity contribution < 1.29 is 8.42 Å². The van der Waals surface area contributed by atoms with Crippen LogP contribution in [0.1, 0.15) is 0 Å². The highest BCUT2D eigenvalue weighted by atomic mass is 127. The van der Waals surface area contributed by atoms with Crippen LogP contribution in [0.3, 0.4) is 0 Å². The third-order valence-electron chi connectivity index (χ3n) is 4.08. The van der Waals surface area contributed by atoms with Crippen LogP contribution in [0.2, 0.25) is 0 Å². The number of nitrogens with one attached hydrogen (secondary N) is 1. The van der Waals surface area contributed by atoms with Gasteiger partial charge in [0.2, 0.25) is 0 Å². The molecule has 0 saturated heterocycles. The first-order chi connectivity index (χ1) is 13.5. The van der Waals surface area contributed by atoms with E-state index in [1.165, 1.54) is 0 Å². The van der Waals surface area contributed by atoms with Crippen LogP contribution >= 0.6 is 33.9 Å². The summed E-state index contributed by atoms with van der Waals surface area (Å²) in [6.07, 6.45) is 0. The molecule has 0 bridgehead atoms. The zero-order chi connectivity index (χ0) is 19.6. The van der Waals surface area contributed by atoms with Crippen LogP contribution in [0.5, 0.6) is 0 Å². The molecule has 0 saturated carbocycles. The van der Waals surface area contributed by atoms with E-state index in [1.807, 2.05) is 47.8 Å². The highest BCUT2D eigenvalue weighted by molar-refractivity contribution is 14.1. The van der Waals surface area contributed by atoms with Gasteiger partial charge in [-0.25, -0.2) is 13.4 Å². The fourth-order valence-electron chi connectivity index (χ4n) is 2.66. The first kappa shape index (κ1) is 19.1. The highest BCUT2D eigenvalue weighted by Gasteiger charge is 2.14. The monoisotopic (exact) mass is 518 g/mol. The fraction of sp³-hybridized carbons (Fsp3) is 0. The van der Waals surface area contributed by atoms with Crippen LogP contribution in [0.25, 0.3) is 21.8 Å². The van der Waals surface area contributed by atoms with Crippen molar-refractivity contribution in [2.45, 2.75) is 4.90 Å². The van der Waals surface area contributed by atoms with Gasteiger partial charge in [-0.05, 0) is 59.0 Å². The van der Waals surface area contributed by atoms with Crippen LogP contribution in [0.15, 0.2) is 89.1 Å². The fourth-order valence-corrected chi connectivity index (χ4v) is 4.91. The Morgan fingerprint density at radius 3 is 2.18 bits per heavy atom. The third-order valence-corrected chi connectivity index (χ3v) is 7.09. The Morgan fingerprint density at radius 2 is 1.50 bits per heavy atom. The number of thiazole rings is 1. The molecule has 140 valence electrons. The maximum atomic E-state index is 12.5. The molecule has 0 aliphatic rings. The van der Waals surface area contributed by atoms with Gasteiger partial charge in [-0.1, -0.05) is 42.5 Å². The van der Waals surface area contributed by atoms with Gasteiger partial charge in [-0.3, -0.25) is 4.72 Å². The van der Waals surface area contributed by atoms with Crippen LogP contribution < -0.4 is 4.72 Å². The van der Waals surface area contributed by atoms with E-state index >= 15 is 0 Å². The average Bonchev–Trinajstić information content (AvgIpc) is 3.19. The number of nitrogens with zero attached hydrogens (tertiary/aromatic N) is 1. The number of anilines is 1. The number of hydrogen-bond donors (Lipinski definition) is 1. The van der Waals surface area contributed by atoms with Crippen LogP contribution in [-0.4, -0.2) is 13.4 Å². The molecule has 4 rings (SSSR count). The predicted octanol–water partition coefficient (Wildman–Crippen LogP) is 5.88. The summed E-state index contributed by atoms with van der Waals surface area (Å²) in [5.41, 5.74) is 3.41. The molecule has 0 fully saturated rings. The molecule has 0 amide bonds. The topological polar surface area (TPSA) is 59.1 Å². The molecule has 1 aromatic heterocycles. The van der Waals surface area contributed by atoms with Gasteiger partial charge in [0.1, 0.15) is 5.01 Å². The van der Waals surface area contributed by atoms with E-state index in [2.05, 4.69) is 32.3 Å². The van der Waals surface area contributed by atoms with Crippen LogP contribution in [0, 0.1) is 3.57 Å². The summed E-state index contributed by atoms with van der Waals surface area (Å²) >= 11 is 3.73. The molecule has 0 radical (unpaired) electrons. The quantitative estimate of drug-likeness (QED) is 0.336. The summed E-state index contributed by atoms with van der Waals surface area (Å²) in [6, 6.07) is 24.0. The van der Waals surface area contributed by atoms with Gasteiger partial charge in [0.15, 0.2) is 0 Å². The number of halogens is 1. The van der Waals surface area contributed by atoms with Crippen molar-refractivity contribution in [2.75, 3.05) is 4.72 Å². The van der Waals surface area contributed by atoms with E-state index in [4.69, 9.17) is 0 Å². The predicted molar refractivity (Wildman–Crippen MR) is 123 cm³/mol. The van der Waals surface area contributed by atoms with E-state index < -0.39 is 10.0 Å². The van der Waals surface area contributed by atoms with Gasteiger partial charge in [0.05, 0.1) is 10.6 Å². The molecule has 4 nitrogen and oxygen atoms in total. The number of benzene rings is 3. The molecule has 28 heavy (non-hydrogen) atoms. The van der Waals surface area contributed by atoms with E-state index in [-0.39, 0.29) is 4.90 Å². The lowest BCUT2D eigenvalue weighted by Crippen LogP contribution is -2.12. The molecule has 0 unspecified atom stereocenters. The van der Waals surface area contributed by atoms with Gasteiger partial charge < -0.3 is 0 Å². The minimum absolute atomic E-state index is 0.240. The summed E-state index contributed by atoms with van der Waals surface area (Å²) in [5.74, 6) is 0. The summed E-state index contributed by atoms with van der Waals surface area (Å²) in [6.45, 7) is 0. The van der Waals surface area contributed by atoms with Crippen molar-refractivity contribution >= 4 is 49.6 Å². The second kappa shape index (κ2) is 8.02. The Balaban J connectivity index is 1.53. The standard InChI is InChI=1S/C21H15IN2O2S2/c22-17-8-12-19(13-9-17)28(25,26)24-18-10-6-15(7-11-18)20-14-27-21(23-20)16-4-2-1-3-5-16/h1-14,24H. The van der Waals surface area contributed by atoms with E-state index in [0.29, 0.717) is 5.69 Å². The van der Waals surface area contributed by atoms with E-state index in [1.54, 1.807) is 47.7 Å². The molecule has 0 aliphatic carbocycles. The molecule has 7 heteroatoms. The number of rotatable bonds is 5. The lowest BCUT2D eigenvalue weighted by atomic mass is 10.1. The summed E-state index contributed by atoms with van der Waals surface area (Å²) in [4.78, 5) is 4.93. The summed E-state index contributed by atoms with van der Waals surface area (Å²) in [5, 5.41) is 2.96. The maximum Gasteiger partial charge on any atom is 0.261 e. The maximum absolute atomic E-state index is 12.5. The Hall–Kier alpha value is -2.23. The molecule has 3 aromatic carbocycles. The minimum atomic E-state index is -3.61. The van der Waals surface area contributed by atoms with E-state index in [9.17, 15) is 8.42 Å². The molecule has 0 aliphatic heterocycles. The van der Waals surface area contributed by atoms with Crippen molar-refractivity contribution in [2.24, 2.45) is 0 Å².